The first-order chi connectivity index (χ1) is 7.83. The molecular formula is C10H10BrFN4. The Morgan fingerprint density at radius 1 is 1.25 bits per heavy atom. The van der Waals surface area contributed by atoms with Crippen molar-refractivity contribution in [2.75, 3.05) is 6.67 Å². The van der Waals surface area contributed by atoms with E-state index >= 15 is 0 Å². The summed E-state index contributed by atoms with van der Waals surface area (Å²) in [4.78, 5) is 1.26. The van der Waals surface area contributed by atoms with Gasteiger partial charge < -0.3 is 0 Å². The zero-order chi connectivity index (χ0) is 11.4. The lowest BCUT2D eigenvalue weighted by molar-refractivity contribution is 0.397. The molecule has 0 fully saturated rings. The maximum Gasteiger partial charge on any atom is 0.204 e. The Morgan fingerprint density at radius 2 is 2.00 bits per heavy atom. The largest absolute Gasteiger partial charge is 0.249 e. The number of tetrazole rings is 1. The number of hydrogen-bond acceptors (Lipinski definition) is 3. The second-order valence-electron chi connectivity index (χ2n) is 3.23. The van der Waals surface area contributed by atoms with E-state index in [1.54, 1.807) is 0 Å². The summed E-state index contributed by atoms with van der Waals surface area (Å²) in [7, 11) is 0. The van der Waals surface area contributed by atoms with Crippen molar-refractivity contribution in [1.29, 1.82) is 0 Å². The van der Waals surface area contributed by atoms with Crippen LogP contribution in [0.1, 0.15) is 5.56 Å². The molecule has 0 aliphatic rings. The van der Waals surface area contributed by atoms with E-state index in [9.17, 15) is 4.39 Å². The number of alkyl halides is 2. The molecule has 4 nitrogen and oxygen atoms in total. The van der Waals surface area contributed by atoms with Gasteiger partial charge >= 0.3 is 0 Å². The number of halogens is 2. The van der Waals surface area contributed by atoms with E-state index in [1.807, 2.05) is 24.3 Å². The molecule has 1 aromatic heterocycles. The van der Waals surface area contributed by atoms with Gasteiger partial charge in [-0.05, 0) is 10.8 Å². The van der Waals surface area contributed by atoms with Crippen LogP contribution < -0.4 is 0 Å². The molecule has 0 radical (unpaired) electrons. The van der Waals surface area contributed by atoms with Crippen LogP contribution in [0.4, 0.5) is 4.39 Å². The van der Waals surface area contributed by atoms with E-state index in [1.165, 1.54) is 10.4 Å². The third-order valence-electron chi connectivity index (χ3n) is 2.10. The van der Waals surface area contributed by atoms with Crippen LogP contribution in [-0.4, -0.2) is 26.9 Å². The van der Waals surface area contributed by atoms with Gasteiger partial charge in [-0.15, -0.1) is 10.2 Å². The number of aryl methyl sites for hydroxylation is 1. The van der Waals surface area contributed by atoms with Gasteiger partial charge in [0.05, 0.1) is 6.54 Å². The molecule has 0 atom stereocenters. The first-order valence-electron chi connectivity index (χ1n) is 4.82. The van der Waals surface area contributed by atoms with Crippen LogP contribution in [0.2, 0.25) is 0 Å². The van der Waals surface area contributed by atoms with Crippen molar-refractivity contribution in [2.45, 2.75) is 11.9 Å². The summed E-state index contributed by atoms with van der Waals surface area (Å²) in [5, 5.41) is 12.5. The summed E-state index contributed by atoms with van der Waals surface area (Å²) < 4.78 is 12.1. The number of hydrogen-bond donors (Lipinski definition) is 0. The summed E-state index contributed by atoms with van der Waals surface area (Å²) in [5.41, 5.74) is 2.06. The van der Waals surface area contributed by atoms with E-state index in [4.69, 9.17) is 0 Å². The molecule has 0 saturated carbocycles. The molecule has 0 amide bonds. The van der Waals surface area contributed by atoms with Crippen LogP contribution in [-0.2, 0) is 11.9 Å². The van der Waals surface area contributed by atoms with Crippen LogP contribution in [0, 0.1) is 0 Å². The van der Waals surface area contributed by atoms with Crippen molar-refractivity contribution < 1.29 is 4.39 Å². The van der Waals surface area contributed by atoms with Crippen LogP contribution in [0.25, 0.3) is 11.4 Å². The summed E-state index contributed by atoms with van der Waals surface area (Å²) in [6.45, 7) is -0.342. The van der Waals surface area contributed by atoms with Gasteiger partial charge in [0.2, 0.25) is 5.82 Å². The minimum Gasteiger partial charge on any atom is -0.249 e. The highest BCUT2D eigenvalue weighted by Gasteiger charge is 2.05. The zero-order valence-corrected chi connectivity index (χ0v) is 10.1. The summed E-state index contributed by atoms with van der Waals surface area (Å²) in [5.74, 6) is 0.523. The van der Waals surface area contributed by atoms with Crippen molar-refractivity contribution >= 4 is 15.9 Å². The quantitative estimate of drug-likeness (QED) is 0.809. The summed E-state index contributed by atoms with van der Waals surface area (Å²) >= 11 is 3.37. The molecule has 84 valence electrons. The normalized spacial score (nSPS) is 10.6. The number of nitrogens with zero attached hydrogens (tertiary/aromatic N) is 4. The Labute approximate surface area is 101 Å². The SMILES string of the molecule is FCCn1nnc(-c2ccc(CBr)cc2)n1. The average Bonchev–Trinajstić information content (AvgIpc) is 2.78. The molecule has 0 bridgehead atoms. The number of benzene rings is 1. The highest BCUT2D eigenvalue weighted by atomic mass is 79.9. The van der Waals surface area contributed by atoms with Crippen molar-refractivity contribution in [3.05, 3.63) is 29.8 Å². The van der Waals surface area contributed by atoms with Gasteiger partial charge in [0.1, 0.15) is 6.67 Å². The second-order valence-corrected chi connectivity index (χ2v) is 3.79. The third kappa shape index (κ3) is 2.44. The van der Waals surface area contributed by atoms with Crippen molar-refractivity contribution in [3.8, 4) is 11.4 Å². The second kappa shape index (κ2) is 5.16. The number of aromatic nitrogens is 4. The number of rotatable bonds is 4. The molecule has 0 unspecified atom stereocenters. The van der Waals surface area contributed by atoms with E-state index in [2.05, 4.69) is 31.3 Å². The van der Waals surface area contributed by atoms with E-state index < -0.39 is 6.67 Å². The fourth-order valence-electron chi connectivity index (χ4n) is 1.27. The molecule has 0 aliphatic carbocycles. The van der Waals surface area contributed by atoms with Gasteiger partial charge in [-0.1, -0.05) is 40.2 Å². The van der Waals surface area contributed by atoms with Crippen LogP contribution in [0.3, 0.4) is 0 Å². The smallest absolute Gasteiger partial charge is 0.204 e. The average molecular weight is 285 g/mol. The molecule has 0 saturated heterocycles. The predicted octanol–water partition coefficient (Wildman–Crippen LogP) is 2.20. The van der Waals surface area contributed by atoms with Crippen LogP contribution in [0.15, 0.2) is 24.3 Å². The molecule has 1 heterocycles. The zero-order valence-electron chi connectivity index (χ0n) is 8.48. The van der Waals surface area contributed by atoms with E-state index in [-0.39, 0.29) is 6.54 Å². The molecule has 6 heteroatoms. The first kappa shape index (κ1) is 11.2. The van der Waals surface area contributed by atoms with Gasteiger partial charge in [-0.25, -0.2) is 4.39 Å². The Kier molecular flexibility index (Phi) is 3.61. The van der Waals surface area contributed by atoms with E-state index in [0.29, 0.717) is 5.82 Å². The monoisotopic (exact) mass is 284 g/mol. The lowest BCUT2D eigenvalue weighted by atomic mass is 10.1. The van der Waals surface area contributed by atoms with Gasteiger partial charge in [0, 0.05) is 10.9 Å². The van der Waals surface area contributed by atoms with Crippen molar-refractivity contribution in [1.82, 2.24) is 20.2 Å². The van der Waals surface area contributed by atoms with Gasteiger partial charge in [-0.3, -0.25) is 0 Å². The Morgan fingerprint density at radius 3 is 2.62 bits per heavy atom. The molecular weight excluding hydrogens is 275 g/mol. The molecule has 0 aliphatic heterocycles. The fourth-order valence-corrected chi connectivity index (χ4v) is 1.65. The molecule has 0 spiro atoms. The first-order valence-corrected chi connectivity index (χ1v) is 5.94. The molecule has 16 heavy (non-hydrogen) atoms. The third-order valence-corrected chi connectivity index (χ3v) is 2.75. The Hall–Kier alpha value is -1.30. The summed E-state index contributed by atoms with van der Waals surface area (Å²) in [6.07, 6.45) is 0. The highest BCUT2D eigenvalue weighted by molar-refractivity contribution is 9.08. The minimum atomic E-state index is -0.488. The predicted molar refractivity (Wildman–Crippen MR) is 61.9 cm³/mol. The van der Waals surface area contributed by atoms with Crippen LogP contribution in [0.5, 0.6) is 0 Å². The van der Waals surface area contributed by atoms with Gasteiger partial charge in [0.25, 0.3) is 0 Å². The Balaban J connectivity index is 2.21. The molecule has 0 N–H and O–H groups in total. The van der Waals surface area contributed by atoms with Gasteiger partial charge in [-0.2, -0.15) is 4.80 Å². The van der Waals surface area contributed by atoms with Gasteiger partial charge in [0.15, 0.2) is 0 Å². The van der Waals surface area contributed by atoms with Crippen molar-refractivity contribution in [3.63, 3.8) is 0 Å². The fraction of sp³-hybridized carbons (Fsp3) is 0.300. The maximum atomic E-state index is 12.1. The topological polar surface area (TPSA) is 43.6 Å². The summed E-state index contributed by atoms with van der Waals surface area (Å²) in [6, 6.07) is 7.82. The van der Waals surface area contributed by atoms with Crippen molar-refractivity contribution in [2.24, 2.45) is 0 Å². The van der Waals surface area contributed by atoms with E-state index in [0.717, 1.165) is 10.9 Å². The van der Waals surface area contributed by atoms with Crippen LogP contribution >= 0.6 is 15.9 Å². The minimum absolute atomic E-state index is 0.145. The Bertz CT molecular complexity index is 454. The lowest BCUT2D eigenvalue weighted by Gasteiger charge is -1.96. The highest BCUT2D eigenvalue weighted by Crippen LogP contribution is 2.15. The molecule has 2 rings (SSSR count). The standard InChI is InChI=1S/C10H10BrFN4/c11-7-8-1-3-9(4-2-8)10-13-15-16(14-10)6-5-12/h1-4H,5-7H2. The lowest BCUT2D eigenvalue weighted by Crippen LogP contribution is -2.03. The molecule has 2 aromatic rings. The molecule has 1 aromatic carbocycles. The maximum absolute atomic E-state index is 12.1.